The van der Waals surface area contributed by atoms with E-state index in [1.807, 2.05) is 0 Å². The number of carbonyl (C=O) groups excluding carboxylic acids is 2. The quantitative estimate of drug-likeness (QED) is 0.615. The second-order valence-corrected chi connectivity index (χ2v) is 4.29. The number of carbonyl (C=O) groups is 2. The van der Waals surface area contributed by atoms with Crippen molar-refractivity contribution in [2.45, 2.75) is 19.4 Å². The van der Waals surface area contributed by atoms with Gasteiger partial charge >= 0.3 is 6.03 Å². The monoisotopic (exact) mass is 226 g/mol. The summed E-state index contributed by atoms with van der Waals surface area (Å²) in [6.07, 6.45) is 0.841. The third kappa shape index (κ3) is 2.33. The van der Waals surface area contributed by atoms with Gasteiger partial charge in [-0.05, 0) is 13.3 Å². The number of amides is 3. The Labute approximate surface area is 95.0 Å². The van der Waals surface area contributed by atoms with Crippen molar-refractivity contribution in [3.05, 3.63) is 0 Å². The molecule has 2 aliphatic heterocycles. The zero-order chi connectivity index (χ0) is 11.5. The van der Waals surface area contributed by atoms with Gasteiger partial charge in [-0.3, -0.25) is 14.6 Å². The van der Waals surface area contributed by atoms with Crippen molar-refractivity contribution >= 4 is 11.9 Å². The SMILES string of the molecule is C[C@H]1NC(=O)N(CCCN2CCNC2)C1=O. The minimum atomic E-state index is -0.360. The van der Waals surface area contributed by atoms with E-state index in [9.17, 15) is 9.59 Å². The van der Waals surface area contributed by atoms with Crippen LogP contribution >= 0.6 is 0 Å². The lowest BCUT2D eigenvalue weighted by Gasteiger charge is -2.16. The average Bonchev–Trinajstić information content (AvgIpc) is 2.82. The first-order chi connectivity index (χ1) is 7.68. The van der Waals surface area contributed by atoms with Crippen LogP contribution in [0.2, 0.25) is 0 Å². The van der Waals surface area contributed by atoms with Crippen molar-refractivity contribution < 1.29 is 9.59 Å². The van der Waals surface area contributed by atoms with Crippen LogP contribution in [0.25, 0.3) is 0 Å². The standard InChI is InChI=1S/C10H18N4O2/c1-8-9(15)14(10(16)12-8)5-2-4-13-6-3-11-7-13/h8,11H,2-7H2,1H3,(H,12,16)/t8-/m1/s1. The highest BCUT2D eigenvalue weighted by Crippen LogP contribution is 2.06. The highest BCUT2D eigenvalue weighted by atomic mass is 16.2. The Kier molecular flexibility index (Phi) is 3.40. The van der Waals surface area contributed by atoms with Crippen LogP contribution in [0.5, 0.6) is 0 Å². The normalized spacial score (nSPS) is 26.6. The van der Waals surface area contributed by atoms with Gasteiger partial charge in [0, 0.05) is 32.8 Å². The predicted octanol–water partition coefficient (Wildman–Crippen LogP) is -0.820. The number of urea groups is 1. The Morgan fingerprint density at radius 1 is 1.38 bits per heavy atom. The molecule has 0 aromatic carbocycles. The molecule has 2 N–H and O–H groups in total. The molecule has 0 aliphatic carbocycles. The van der Waals surface area contributed by atoms with Crippen molar-refractivity contribution in [2.24, 2.45) is 0 Å². The third-order valence-corrected chi connectivity index (χ3v) is 3.02. The summed E-state index contributed by atoms with van der Waals surface area (Å²) in [6.45, 7) is 6.15. The summed E-state index contributed by atoms with van der Waals surface area (Å²) in [5.41, 5.74) is 0. The molecule has 90 valence electrons. The Bertz CT molecular complexity index is 289. The molecular formula is C10H18N4O2. The van der Waals surface area contributed by atoms with Crippen molar-refractivity contribution in [1.29, 1.82) is 0 Å². The first-order valence-corrected chi connectivity index (χ1v) is 5.73. The van der Waals surface area contributed by atoms with E-state index in [0.29, 0.717) is 6.54 Å². The maximum atomic E-state index is 11.6. The Morgan fingerprint density at radius 2 is 2.19 bits per heavy atom. The first-order valence-electron chi connectivity index (χ1n) is 5.73. The van der Waals surface area contributed by atoms with Crippen LogP contribution in [0.4, 0.5) is 4.79 Å². The van der Waals surface area contributed by atoms with Crippen molar-refractivity contribution in [3.63, 3.8) is 0 Å². The van der Waals surface area contributed by atoms with Gasteiger partial charge in [0.15, 0.2) is 0 Å². The van der Waals surface area contributed by atoms with Crippen LogP contribution in [-0.4, -0.2) is 60.6 Å². The summed E-state index contributed by atoms with van der Waals surface area (Å²) in [4.78, 5) is 26.5. The Balaban J connectivity index is 1.73. The van der Waals surface area contributed by atoms with Gasteiger partial charge in [-0.25, -0.2) is 4.79 Å². The van der Waals surface area contributed by atoms with Gasteiger partial charge in [-0.15, -0.1) is 0 Å². The van der Waals surface area contributed by atoms with Gasteiger partial charge in [0.25, 0.3) is 5.91 Å². The van der Waals surface area contributed by atoms with E-state index in [0.717, 1.165) is 32.7 Å². The lowest BCUT2D eigenvalue weighted by molar-refractivity contribution is -0.127. The van der Waals surface area contributed by atoms with E-state index in [2.05, 4.69) is 15.5 Å². The van der Waals surface area contributed by atoms with Crippen molar-refractivity contribution in [3.8, 4) is 0 Å². The molecule has 3 amide bonds. The number of imide groups is 1. The fraction of sp³-hybridized carbons (Fsp3) is 0.800. The third-order valence-electron chi connectivity index (χ3n) is 3.02. The Morgan fingerprint density at radius 3 is 2.75 bits per heavy atom. The highest BCUT2D eigenvalue weighted by molar-refractivity contribution is 6.03. The molecule has 6 nitrogen and oxygen atoms in total. The molecule has 2 fully saturated rings. The summed E-state index contributed by atoms with van der Waals surface area (Å²) in [6, 6.07) is -0.613. The maximum absolute atomic E-state index is 11.6. The van der Waals surface area contributed by atoms with Gasteiger partial charge in [0.1, 0.15) is 6.04 Å². The largest absolute Gasteiger partial charge is 0.326 e. The molecule has 1 atom stereocenters. The summed E-state index contributed by atoms with van der Waals surface area (Å²) in [5, 5.41) is 5.85. The van der Waals surface area contributed by atoms with Crippen molar-refractivity contribution in [1.82, 2.24) is 20.4 Å². The van der Waals surface area contributed by atoms with Crippen LogP contribution in [0, 0.1) is 0 Å². The number of nitrogens with zero attached hydrogens (tertiary/aromatic N) is 2. The van der Waals surface area contributed by atoms with Crippen molar-refractivity contribution in [2.75, 3.05) is 32.8 Å². The smallest absolute Gasteiger partial charge is 0.324 e. The number of nitrogens with one attached hydrogen (secondary N) is 2. The van der Waals surface area contributed by atoms with E-state index in [-0.39, 0.29) is 18.0 Å². The summed E-state index contributed by atoms with van der Waals surface area (Å²) >= 11 is 0. The molecule has 2 aliphatic rings. The van der Waals surface area contributed by atoms with Gasteiger partial charge in [-0.2, -0.15) is 0 Å². The molecule has 2 heterocycles. The lowest BCUT2D eigenvalue weighted by atomic mass is 10.3. The molecular weight excluding hydrogens is 208 g/mol. The zero-order valence-electron chi connectivity index (χ0n) is 9.53. The molecule has 0 radical (unpaired) electrons. The van der Waals surface area contributed by atoms with Gasteiger partial charge in [-0.1, -0.05) is 0 Å². The molecule has 16 heavy (non-hydrogen) atoms. The zero-order valence-corrected chi connectivity index (χ0v) is 9.53. The van der Waals surface area contributed by atoms with E-state index in [1.54, 1.807) is 6.92 Å². The molecule has 2 rings (SSSR count). The molecule has 0 aromatic heterocycles. The van der Waals surface area contributed by atoms with Gasteiger partial charge < -0.3 is 10.6 Å². The fourth-order valence-corrected chi connectivity index (χ4v) is 2.07. The average molecular weight is 226 g/mol. The van der Waals surface area contributed by atoms with E-state index in [4.69, 9.17) is 0 Å². The van der Waals surface area contributed by atoms with Gasteiger partial charge in [0.2, 0.25) is 0 Å². The fourth-order valence-electron chi connectivity index (χ4n) is 2.07. The molecule has 0 unspecified atom stereocenters. The minimum absolute atomic E-state index is 0.107. The van der Waals surface area contributed by atoms with Gasteiger partial charge in [0.05, 0.1) is 0 Å². The molecule has 0 spiro atoms. The summed E-state index contributed by atoms with van der Waals surface area (Å²) < 4.78 is 0. The topological polar surface area (TPSA) is 64.7 Å². The van der Waals surface area contributed by atoms with E-state index < -0.39 is 0 Å². The second-order valence-electron chi connectivity index (χ2n) is 4.29. The molecule has 2 saturated heterocycles. The summed E-state index contributed by atoms with van der Waals surface area (Å²) in [5.74, 6) is -0.107. The van der Waals surface area contributed by atoms with Crippen LogP contribution < -0.4 is 10.6 Å². The number of hydrogen-bond donors (Lipinski definition) is 2. The first kappa shape index (κ1) is 11.3. The van der Waals surface area contributed by atoms with Crippen LogP contribution in [-0.2, 0) is 4.79 Å². The minimum Gasteiger partial charge on any atom is -0.326 e. The van der Waals surface area contributed by atoms with Crippen LogP contribution in [0.1, 0.15) is 13.3 Å². The lowest BCUT2D eigenvalue weighted by Crippen LogP contribution is -2.34. The highest BCUT2D eigenvalue weighted by Gasteiger charge is 2.34. The predicted molar refractivity (Wildman–Crippen MR) is 58.8 cm³/mol. The Hall–Kier alpha value is -1.14. The second kappa shape index (κ2) is 4.80. The molecule has 6 heteroatoms. The molecule has 0 bridgehead atoms. The van der Waals surface area contributed by atoms with E-state index >= 15 is 0 Å². The summed E-state index contributed by atoms with van der Waals surface area (Å²) in [7, 11) is 0. The molecule has 0 saturated carbocycles. The number of hydrogen-bond acceptors (Lipinski definition) is 4. The molecule has 0 aromatic rings. The number of rotatable bonds is 4. The van der Waals surface area contributed by atoms with Crippen LogP contribution in [0.3, 0.4) is 0 Å². The maximum Gasteiger partial charge on any atom is 0.324 e. The van der Waals surface area contributed by atoms with E-state index in [1.165, 1.54) is 4.90 Å². The van der Waals surface area contributed by atoms with Crippen LogP contribution in [0.15, 0.2) is 0 Å².